The van der Waals surface area contributed by atoms with E-state index < -0.39 is 58.4 Å². The van der Waals surface area contributed by atoms with Crippen LogP contribution in [0, 0.1) is 0 Å². The number of phosphoric acid groups is 1. The molecule has 0 aliphatic carbocycles. The van der Waals surface area contributed by atoms with E-state index in [1.807, 2.05) is 0 Å². The Kier molecular flexibility index (Phi) is 49.1. The Morgan fingerprint density at radius 1 is 0.359 bits per heavy atom. The molecular weight excluding hydrogens is 828 g/mol. The number of esters is 2. The van der Waals surface area contributed by atoms with Crippen molar-refractivity contribution in [3.8, 4) is 0 Å². The molecule has 0 aromatic heterocycles. The maximum atomic E-state index is 12.4. The van der Waals surface area contributed by atoms with Crippen LogP contribution in [0.15, 0.2) is 0 Å². The highest BCUT2D eigenvalue weighted by Gasteiger charge is 2.27. The molecule has 0 bridgehead atoms. The average molecular weight is 933 g/mol. The summed E-state index contributed by atoms with van der Waals surface area (Å²) in [5.41, 5.74) is 0. The first-order valence-corrected chi connectivity index (χ1v) is 29.0. The summed E-state index contributed by atoms with van der Waals surface area (Å²) in [7, 11) is -4.64. The van der Waals surface area contributed by atoms with Gasteiger partial charge in [0, 0.05) is 12.8 Å². The van der Waals surface area contributed by atoms with Crippen LogP contribution in [0.25, 0.3) is 0 Å². The zero-order valence-electron chi connectivity index (χ0n) is 42.0. The molecule has 11 heteroatoms. The van der Waals surface area contributed by atoms with Gasteiger partial charge >= 0.3 is 19.8 Å². The summed E-state index contributed by atoms with van der Waals surface area (Å²) in [5, 5.41) is 19.3. The molecule has 0 heterocycles. The molecule has 0 aliphatic rings. The van der Waals surface area contributed by atoms with Gasteiger partial charge in [0.15, 0.2) is 0 Å². The summed E-state index contributed by atoms with van der Waals surface area (Å²) in [6.07, 6.45) is 50.8. The maximum absolute atomic E-state index is 12.4. The van der Waals surface area contributed by atoms with E-state index in [-0.39, 0.29) is 12.8 Å². The summed E-state index contributed by atoms with van der Waals surface area (Å²) in [5.74, 6) is -0.997. The number of ether oxygens (including phenoxy) is 2. The fraction of sp³-hybridized carbons (Fsp3) is 0.962. The Bertz CT molecular complexity index is 1030. The largest absolute Gasteiger partial charge is 0.472 e. The Morgan fingerprint density at radius 2 is 0.547 bits per heavy atom. The second-order valence-electron chi connectivity index (χ2n) is 18.9. The van der Waals surface area contributed by atoms with Crippen LogP contribution in [0.4, 0.5) is 0 Å². The van der Waals surface area contributed by atoms with Crippen LogP contribution in [0.5, 0.6) is 0 Å². The smallest absolute Gasteiger partial charge is 0.457 e. The number of hydrogen-bond donors (Lipinski definition) is 3. The lowest BCUT2D eigenvalue weighted by atomic mass is 10.0. The van der Waals surface area contributed by atoms with Gasteiger partial charge in [-0.05, 0) is 12.8 Å². The zero-order chi connectivity index (χ0) is 46.9. The molecule has 0 saturated carbocycles. The van der Waals surface area contributed by atoms with Gasteiger partial charge in [-0.2, -0.15) is 0 Å². The highest BCUT2D eigenvalue weighted by atomic mass is 31.2. The molecule has 3 N–H and O–H groups in total. The quantitative estimate of drug-likeness (QED) is 0.0306. The van der Waals surface area contributed by atoms with E-state index in [4.69, 9.17) is 18.5 Å². The van der Waals surface area contributed by atoms with Gasteiger partial charge in [-0.15, -0.1) is 0 Å². The van der Waals surface area contributed by atoms with E-state index in [1.165, 1.54) is 212 Å². The fourth-order valence-electron chi connectivity index (χ4n) is 8.36. The molecule has 0 aromatic carbocycles. The van der Waals surface area contributed by atoms with Gasteiger partial charge < -0.3 is 24.6 Å². The second-order valence-corrected chi connectivity index (χ2v) is 20.4. The van der Waals surface area contributed by atoms with E-state index in [0.29, 0.717) is 12.8 Å². The summed E-state index contributed by atoms with van der Waals surface area (Å²) < 4.78 is 32.8. The molecule has 0 radical (unpaired) electrons. The number of rotatable bonds is 53. The molecule has 0 amide bonds. The number of aliphatic hydroxyl groups is 2. The highest BCUT2D eigenvalue weighted by Crippen LogP contribution is 2.43. The number of phosphoric ester groups is 1. The minimum absolute atomic E-state index is 0.200. The van der Waals surface area contributed by atoms with Crippen LogP contribution in [-0.4, -0.2) is 65.7 Å². The molecule has 0 fully saturated rings. The lowest BCUT2D eigenvalue weighted by Crippen LogP contribution is -2.28. The van der Waals surface area contributed by atoms with Crippen molar-refractivity contribution < 1.29 is 47.8 Å². The Morgan fingerprint density at radius 3 is 0.734 bits per heavy atom. The molecule has 0 saturated heterocycles. The Balaban J connectivity index is 3.75. The van der Waals surface area contributed by atoms with Gasteiger partial charge in [0.1, 0.15) is 12.2 Å². The number of carbonyl (C=O) groups is 2. The molecule has 0 spiro atoms. The number of carbonyl (C=O) groups excluding carboxylic acids is 2. The fourth-order valence-corrected chi connectivity index (χ4v) is 9.14. The van der Waals surface area contributed by atoms with E-state index in [2.05, 4.69) is 13.8 Å². The summed E-state index contributed by atoms with van der Waals surface area (Å²) >= 11 is 0. The van der Waals surface area contributed by atoms with Crippen molar-refractivity contribution >= 4 is 19.8 Å². The zero-order valence-corrected chi connectivity index (χ0v) is 42.9. The van der Waals surface area contributed by atoms with E-state index in [9.17, 15) is 29.3 Å². The van der Waals surface area contributed by atoms with Crippen LogP contribution in [-0.2, 0) is 32.7 Å². The molecule has 382 valence electrons. The predicted octanol–water partition coefficient (Wildman–Crippen LogP) is 15.7. The number of aliphatic hydroxyl groups excluding tert-OH is 2. The molecule has 0 aromatic rings. The van der Waals surface area contributed by atoms with Gasteiger partial charge in [0.05, 0.1) is 26.4 Å². The summed E-state index contributed by atoms with van der Waals surface area (Å²) in [6.45, 7) is 2.30. The first kappa shape index (κ1) is 63.0. The van der Waals surface area contributed by atoms with Gasteiger partial charge in [0.25, 0.3) is 0 Å². The van der Waals surface area contributed by atoms with Gasteiger partial charge in [-0.3, -0.25) is 18.6 Å². The van der Waals surface area contributed by atoms with E-state index in [0.717, 1.165) is 38.5 Å². The third-order valence-corrected chi connectivity index (χ3v) is 13.5. The molecule has 64 heavy (non-hydrogen) atoms. The lowest BCUT2D eigenvalue weighted by Gasteiger charge is -2.20. The Labute approximate surface area is 394 Å². The monoisotopic (exact) mass is 933 g/mol. The number of unbranched alkanes of at least 4 members (excludes halogenated alkanes) is 39. The summed E-state index contributed by atoms with van der Waals surface area (Å²) in [4.78, 5) is 34.7. The van der Waals surface area contributed by atoms with Crippen molar-refractivity contribution in [2.45, 2.75) is 302 Å². The van der Waals surface area contributed by atoms with Crippen LogP contribution < -0.4 is 0 Å². The van der Waals surface area contributed by atoms with Gasteiger partial charge in [-0.1, -0.05) is 264 Å². The normalized spacial score (nSPS) is 13.5. The van der Waals surface area contributed by atoms with Crippen molar-refractivity contribution in [1.82, 2.24) is 0 Å². The third kappa shape index (κ3) is 47.5. The minimum Gasteiger partial charge on any atom is -0.457 e. The lowest BCUT2D eigenvalue weighted by molar-refractivity contribution is -0.153. The second kappa shape index (κ2) is 49.9. The predicted molar refractivity (Wildman–Crippen MR) is 266 cm³/mol. The molecular formula is C53H105O10P. The molecule has 0 aliphatic heterocycles. The first-order valence-electron chi connectivity index (χ1n) is 27.5. The standard InChI is InChI=1S/C53H105O10P/c1-3-5-7-9-11-13-15-17-19-21-23-24-25-27-29-31-33-35-37-39-41-43-45-53(57)63-51(47-55)49-61-64(58,59)60-48-50(46-54)62-52(56)44-42-40-38-36-34-32-30-28-26-22-20-18-16-14-12-10-8-6-4-2/h50-51,54-55H,3-49H2,1-2H3,(H,58,59). The van der Waals surface area contributed by atoms with Gasteiger partial charge in [-0.25, -0.2) is 4.57 Å². The van der Waals surface area contributed by atoms with Crippen LogP contribution in [0.1, 0.15) is 290 Å². The SMILES string of the molecule is CCCCCCCCCCCCCCCCCCCCCCCCC(=O)OC(CO)COP(=O)(O)OCC(CO)OC(=O)CCCCCCCCCCCCCCCCCCCCC. The Hall–Kier alpha value is -1.03. The minimum atomic E-state index is -4.64. The van der Waals surface area contributed by atoms with E-state index >= 15 is 0 Å². The van der Waals surface area contributed by atoms with Crippen molar-refractivity contribution in [3.63, 3.8) is 0 Å². The molecule has 3 atom stereocenters. The van der Waals surface area contributed by atoms with Crippen LogP contribution in [0.2, 0.25) is 0 Å². The van der Waals surface area contributed by atoms with E-state index in [1.54, 1.807) is 0 Å². The first-order chi connectivity index (χ1) is 31.3. The highest BCUT2D eigenvalue weighted by molar-refractivity contribution is 7.47. The summed E-state index contributed by atoms with van der Waals surface area (Å²) in [6, 6.07) is 0. The van der Waals surface area contributed by atoms with Crippen molar-refractivity contribution in [3.05, 3.63) is 0 Å². The third-order valence-electron chi connectivity index (χ3n) is 12.6. The van der Waals surface area contributed by atoms with Crippen molar-refractivity contribution in [2.75, 3.05) is 26.4 Å². The van der Waals surface area contributed by atoms with Crippen molar-refractivity contribution in [2.24, 2.45) is 0 Å². The van der Waals surface area contributed by atoms with Crippen LogP contribution in [0.3, 0.4) is 0 Å². The maximum Gasteiger partial charge on any atom is 0.472 e. The topological polar surface area (TPSA) is 149 Å². The van der Waals surface area contributed by atoms with Crippen molar-refractivity contribution in [1.29, 1.82) is 0 Å². The molecule has 0 rings (SSSR count). The molecule has 3 unspecified atom stereocenters. The molecule has 10 nitrogen and oxygen atoms in total. The van der Waals surface area contributed by atoms with Crippen LogP contribution >= 0.6 is 7.82 Å². The number of hydrogen-bond acceptors (Lipinski definition) is 9. The van der Waals surface area contributed by atoms with Gasteiger partial charge in [0.2, 0.25) is 0 Å². The average Bonchev–Trinajstić information content (AvgIpc) is 3.29.